The topological polar surface area (TPSA) is 61.6 Å². The van der Waals surface area contributed by atoms with Gasteiger partial charge in [-0.1, -0.05) is 6.92 Å². The molecule has 1 atom stereocenters. The molecule has 1 amide bonds. The van der Waals surface area contributed by atoms with Gasteiger partial charge in [0.15, 0.2) is 0 Å². The number of carbonyl (C=O) groups is 1. The van der Waals surface area contributed by atoms with E-state index in [4.69, 9.17) is 5.84 Å². The maximum Gasteiger partial charge on any atom is 0.251 e. The Morgan fingerprint density at radius 2 is 1.89 bits per heavy atom. The quantitative estimate of drug-likeness (QED) is 0.434. The van der Waals surface area contributed by atoms with Crippen LogP contribution in [-0.4, -0.2) is 54.5 Å². The second kappa shape index (κ2) is 7.22. The molecule has 1 unspecified atom stereocenters. The minimum absolute atomic E-state index is 0.0412. The summed E-state index contributed by atoms with van der Waals surface area (Å²) >= 11 is 0. The van der Waals surface area contributed by atoms with Gasteiger partial charge >= 0.3 is 0 Å². The average Bonchev–Trinajstić information content (AvgIpc) is 2.94. The maximum atomic E-state index is 11.7. The third-order valence-electron chi connectivity index (χ3n) is 4.64. The van der Waals surface area contributed by atoms with E-state index in [0.717, 1.165) is 25.4 Å². The predicted molar refractivity (Wildman–Crippen MR) is 76.4 cm³/mol. The molecule has 0 saturated carbocycles. The van der Waals surface area contributed by atoms with Crippen LogP contribution in [0.3, 0.4) is 0 Å². The van der Waals surface area contributed by atoms with E-state index < -0.39 is 0 Å². The average molecular weight is 268 g/mol. The van der Waals surface area contributed by atoms with E-state index in [1.165, 1.54) is 45.3 Å². The number of piperidine rings is 1. The number of carbonyl (C=O) groups excluding carboxylic acids is 1. The van der Waals surface area contributed by atoms with E-state index in [9.17, 15) is 4.79 Å². The molecule has 2 fully saturated rings. The lowest BCUT2D eigenvalue weighted by atomic mass is 9.94. The summed E-state index contributed by atoms with van der Waals surface area (Å²) in [5.74, 6) is 6.03. The summed E-state index contributed by atoms with van der Waals surface area (Å²) in [6, 6.07) is -0.0438. The molecule has 19 heavy (non-hydrogen) atoms. The molecular formula is C14H28N4O. The van der Waals surface area contributed by atoms with Gasteiger partial charge in [0.05, 0.1) is 6.04 Å². The van der Waals surface area contributed by atoms with Crippen molar-refractivity contribution in [1.29, 1.82) is 0 Å². The molecule has 0 aromatic carbocycles. The summed E-state index contributed by atoms with van der Waals surface area (Å²) in [6.45, 7) is 7.94. The first-order valence-corrected chi connectivity index (χ1v) is 7.71. The lowest BCUT2D eigenvalue weighted by Gasteiger charge is -2.37. The lowest BCUT2D eigenvalue weighted by Crippen LogP contribution is -2.51. The molecule has 2 rings (SSSR count). The molecule has 3 N–H and O–H groups in total. The van der Waals surface area contributed by atoms with Crippen LogP contribution < -0.4 is 11.3 Å². The van der Waals surface area contributed by atoms with Crippen LogP contribution in [0.2, 0.25) is 0 Å². The summed E-state index contributed by atoms with van der Waals surface area (Å²) in [6.07, 6.45) is 6.00. The second-order valence-corrected chi connectivity index (χ2v) is 5.92. The van der Waals surface area contributed by atoms with E-state index in [2.05, 4.69) is 22.1 Å². The normalized spacial score (nSPS) is 24.5. The molecule has 0 aromatic rings. The summed E-state index contributed by atoms with van der Waals surface area (Å²) < 4.78 is 0. The van der Waals surface area contributed by atoms with Gasteiger partial charge in [-0.05, 0) is 64.2 Å². The highest BCUT2D eigenvalue weighted by molar-refractivity contribution is 5.81. The number of nitrogens with zero attached hydrogens (tertiary/aromatic N) is 2. The van der Waals surface area contributed by atoms with E-state index in [0.29, 0.717) is 0 Å². The third kappa shape index (κ3) is 3.91. The minimum atomic E-state index is -0.0438. The molecule has 0 bridgehead atoms. The predicted octanol–water partition coefficient (Wildman–Crippen LogP) is 0.563. The molecule has 0 spiro atoms. The summed E-state index contributed by atoms with van der Waals surface area (Å²) in [7, 11) is 0. The van der Waals surface area contributed by atoms with Crippen LogP contribution in [0.4, 0.5) is 0 Å². The van der Waals surface area contributed by atoms with Gasteiger partial charge in [0.2, 0.25) is 0 Å². The number of nitrogens with one attached hydrogen (secondary N) is 1. The number of amides is 1. The molecular weight excluding hydrogens is 240 g/mol. The van der Waals surface area contributed by atoms with Gasteiger partial charge < -0.3 is 4.90 Å². The largest absolute Gasteiger partial charge is 0.303 e. The van der Waals surface area contributed by atoms with Crippen LogP contribution in [0, 0.1) is 5.92 Å². The van der Waals surface area contributed by atoms with Gasteiger partial charge in [-0.25, -0.2) is 5.84 Å². The molecule has 0 radical (unpaired) electrons. The SMILES string of the molecule is CCC(C(=O)NN)N1CCC(CN2CCCC2)CC1. The van der Waals surface area contributed by atoms with Crippen molar-refractivity contribution < 1.29 is 4.79 Å². The Labute approximate surface area is 116 Å². The molecule has 0 aliphatic carbocycles. The number of hydrazine groups is 1. The standard InChI is InChI=1S/C14H28N4O/c1-2-13(14(19)16-15)18-9-5-12(6-10-18)11-17-7-3-4-8-17/h12-13H,2-11,15H2,1H3,(H,16,19). The zero-order valence-corrected chi connectivity index (χ0v) is 12.1. The Morgan fingerprint density at radius 3 is 2.42 bits per heavy atom. The van der Waals surface area contributed by atoms with Gasteiger partial charge in [-0.3, -0.25) is 15.1 Å². The number of hydrogen-bond acceptors (Lipinski definition) is 4. The first-order chi connectivity index (χ1) is 9.24. The van der Waals surface area contributed by atoms with E-state index in [1.54, 1.807) is 0 Å². The van der Waals surface area contributed by atoms with Gasteiger partial charge in [0.1, 0.15) is 0 Å². The Hall–Kier alpha value is -0.650. The molecule has 2 saturated heterocycles. The van der Waals surface area contributed by atoms with Gasteiger partial charge in [-0.15, -0.1) is 0 Å². The highest BCUT2D eigenvalue weighted by atomic mass is 16.2. The Morgan fingerprint density at radius 1 is 1.26 bits per heavy atom. The molecule has 110 valence electrons. The number of hydrogen-bond donors (Lipinski definition) is 2. The van der Waals surface area contributed by atoms with Crippen molar-refractivity contribution in [3.05, 3.63) is 0 Å². The molecule has 2 aliphatic heterocycles. The van der Waals surface area contributed by atoms with Crippen molar-refractivity contribution >= 4 is 5.91 Å². The molecule has 5 nitrogen and oxygen atoms in total. The van der Waals surface area contributed by atoms with Crippen LogP contribution in [0.15, 0.2) is 0 Å². The lowest BCUT2D eigenvalue weighted by molar-refractivity contribution is -0.127. The first kappa shape index (κ1) is 14.8. The fraction of sp³-hybridized carbons (Fsp3) is 0.929. The fourth-order valence-electron chi connectivity index (χ4n) is 3.48. The highest BCUT2D eigenvalue weighted by Crippen LogP contribution is 2.22. The van der Waals surface area contributed by atoms with Gasteiger partial charge in [0.25, 0.3) is 5.91 Å². The van der Waals surface area contributed by atoms with Crippen molar-refractivity contribution in [1.82, 2.24) is 15.2 Å². The number of nitrogens with two attached hydrogens (primary N) is 1. The Kier molecular flexibility index (Phi) is 5.60. The van der Waals surface area contributed by atoms with Crippen LogP contribution >= 0.6 is 0 Å². The Bertz CT molecular complexity index is 283. The second-order valence-electron chi connectivity index (χ2n) is 5.92. The van der Waals surface area contributed by atoms with Crippen LogP contribution in [-0.2, 0) is 4.79 Å². The van der Waals surface area contributed by atoms with Gasteiger partial charge in [-0.2, -0.15) is 0 Å². The van der Waals surface area contributed by atoms with E-state index >= 15 is 0 Å². The fourth-order valence-corrected chi connectivity index (χ4v) is 3.48. The summed E-state index contributed by atoms with van der Waals surface area (Å²) in [5, 5.41) is 0. The number of likely N-dealkylation sites (tertiary alicyclic amines) is 2. The third-order valence-corrected chi connectivity index (χ3v) is 4.64. The van der Waals surface area contributed by atoms with Crippen molar-refractivity contribution in [3.63, 3.8) is 0 Å². The molecule has 2 heterocycles. The monoisotopic (exact) mass is 268 g/mol. The minimum Gasteiger partial charge on any atom is -0.303 e. The highest BCUT2D eigenvalue weighted by Gasteiger charge is 2.29. The van der Waals surface area contributed by atoms with Crippen molar-refractivity contribution in [2.75, 3.05) is 32.7 Å². The van der Waals surface area contributed by atoms with Gasteiger partial charge in [0, 0.05) is 6.54 Å². The van der Waals surface area contributed by atoms with Crippen molar-refractivity contribution in [2.24, 2.45) is 11.8 Å². The van der Waals surface area contributed by atoms with Crippen molar-refractivity contribution in [3.8, 4) is 0 Å². The smallest absolute Gasteiger partial charge is 0.251 e. The molecule has 2 aliphatic rings. The van der Waals surface area contributed by atoms with E-state index in [-0.39, 0.29) is 11.9 Å². The summed E-state index contributed by atoms with van der Waals surface area (Å²) in [4.78, 5) is 16.6. The zero-order chi connectivity index (χ0) is 13.7. The summed E-state index contributed by atoms with van der Waals surface area (Å²) in [5.41, 5.74) is 2.29. The maximum absolute atomic E-state index is 11.7. The zero-order valence-electron chi connectivity index (χ0n) is 12.1. The van der Waals surface area contributed by atoms with Crippen molar-refractivity contribution in [2.45, 2.75) is 45.1 Å². The Balaban J connectivity index is 1.76. The van der Waals surface area contributed by atoms with E-state index in [1.807, 2.05) is 0 Å². The van der Waals surface area contributed by atoms with Crippen LogP contribution in [0.25, 0.3) is 0 Å². The molecule has 5 heteroatoms. The molecule has 0 aromatic heterocycles. The number of rotatable bonds is 5. The van der Waals surface area contributed by atoms with Crippen LogP contribution in [0.1, 0.15) is 39.0 Å². The first-order valence-electron chi connectivity index (χ1n) is 7.71. The van der Waals surface area contributed by atoms with Crippen LogP contribution in [0.5, 0.6) is 0 Å².